The van der Waals surface area contributed by atoms with E-state index in [-0.39, 0.29) is 6.61 Å². The molecule has 0 aliphatic heterocycles. The van der Waals surface area contributed by atoms with E-state index >= 15 is 0 Å². The van der Waals surface area contributed by atoms with E-state index in [9.17, 15) is 0 Å². The predicted octanol–water partition coefficient (Wildman–Crippen LogP) is 2.93. The van der Waals surface area contributed by atoms with Crippen LogP contribution in [0.3, 0.4) is 0 Å². The minimum atomic E-state index is 0.259. The number of aryl methyl sites for hydroxylation is 1. The molecule has 2 heteroatoms. The first-order valence-electron chi connectivity index (χ1n) is 4.49. The zero-order valence-corrected chi connectivity index (χ0v) is 9.63. The standard InChI is InChI=1S/C11H15BrO/c1-8(7-13)5-10-3-4-11(12)9(2)6-10/h3-4,6,8,13H,5,7H2,1-2H3. The van der Waals surface area contributed by atoms with Crippen LogP contribution in [0.5, 0.6) is 0 Å². The fourth-order valence-corrected chi connectivity index (χ4v) is 1.55. The summed E-state index contributed by atoms with van der Waals surface area (Å²) >= 11 is 3.46. The SMILES string of the molecule is Cc1cc(CC(C)CO)ccc1Br. The van der Waals surface area contributed by atoms with Crippen molar-refractivity contribution in [3.05, 3.63) is 33.8 Å². The highest BCUT2D eigenvalue weighted by molar-refractivity contribution is 9.10. The highest BCUT2D eigenvalue weighted by Crippen LogP contribution is 2.18. The average Bonchev–Trinajstić information content (AvgIpc) is 2.11. The van der Waals surface area contributed by atoms with Crippen LogP contribution >= 0.6 is 15.9 Å². The van der Waals surface area contributed by atoms with Crippen molar-refractivity contribution >= 4 is 15.9 Å². The van der Waals surface area contributed by atoms with Gasteiger partial charge in [0.1, 0.15) is 0 Å². The molecule has 0 fully saturated rings. The number of rotatable bonds is 3. The van der Waals surface area contributed by atoms with E-state index in [1.165, 1.54) is 11.1 Å². The second-order valence-electron chi connectivity index (χ2n) is 3.58. The van der Waals surface area contributed by atoms with E-state index in [4.69, 9.17) is 5.11 Å². The van der Waals surface area contributed by atoms with Gasteiger partial charge in [-0.1, -0.05) is 35.0 Å². The maximum absolute atomic E-state index is 8.91. The smallest absolute Gasteiger partial charge is 0.0459 e. The Labute approximate surface area is 87.9 Å². The Kier molecular flexibility index (Phi) is 3.94. The maximum Gasteiger partial charge on any atom is 0.0459 e. The summed E-state index contributed by atoms with van der Waals surface area (Å²) in [6.07, 6.45) is 0.949. The summed E-state index contributed by atoms with van der Waals surface area (Å²) in [5.74, 6) is 0.348. The molecule has 13 heavy (non-hydrogen) atoms. The van der Waals surface area contributed by atoms with Gasteiger partial charge in [0, 0.05) is 11.1 Å². The van der Waals surface area contributed by atoms with Gasteiger partial charge >= 0.3 is 0 Å². The van der Waals surface area contributed by atoms with Crippen LogP contribution in [0.2, 0.25) is 0 Å². The first kappa shape index (κ1) is 10.7. The molecule has 1 aromatic rings. The van der Waals surface area contributed by atoms with Crippen LogP contribution in [0, 0.1) is 12.8 Å². The number of benzene rings is 1. The summed E-state index contributed by atoms with van der Waals surface area (Å²) < 4.78 is 1.15. The van der Waals surface area contributed by atoms with Crippen LogP contribution < -0.4 is 0 Å². The topological polar surface area (TPSA) is 20.2 Å². The number of aliphatic hydroxyl groups excluding tert-OH is 1. The molecule has 0 aromatic heterocycles. The summed E-state index contributed by atoms with van der Waals surface area (Å²) in [5.41, 5.74) is 2.55. The predicted molar refractivity (Wildman–Crippen MR) is 58.8 cm³/mol. The molecule has 0 bridgehead atoms. The zero-order chi connectivity index (χ0) is 9.84. The van der Waals surface area contributed by atoms with Crippen molar-refractivity contribution in [2.75, 3.05) is 6.61 Å². The third kappa shape index (κ3) is 3.12. The molecule has 1 atom stereocenters. The van der Waals surface area contributed by atoms with Gasteiger partial charge < -0.3 is 5.11 Å². The zero-order valence-electron chi connectivity index (χ0n) is 8.05. The molecule has 72 valence electrons. The Bertz CT molecular complexity index is 283. The van der Waals surface area contributed by atoms with Crippen molar-refractivity contribution in [3.63, 3.8) is 0 Å². The van der Waals surface area contributed by atoms with Gasteiger partial charge in [-0.3, -0.25) is 0 Å². The van der Waals surface area contributed by atoms with Crippen molar-refractivity contribution < 1.29 is 5.11 Å². The Morgan fingerprint density at radius 2 is 2.15 bits per heavy atom. The highest BCUT2D eigenvalue weighted by Gasteiger charge is 2.03. The van der Waals surface area contributed by atoms with Crippen molar-refractivity contribution in [2.24, 2.45) is 5.92 Å². The second-order valence-corrected chi connectivity index (χ2v) is 4.43. The third-order valence-electron chi connectivity index (χ3n) is 2.12. The van der Waals surface area contributed by atoms with Gasteiger partial charge in [0.05, 0.1) is 0 Å². The number of hydrogen-bond donors (Lipinski definition) is 1. The molecule has 0 amide bonds. The second kappa shape index (κ2) is 4.77. The number of hydrogen-bond acceptors (Lipinski definition) is 1. The van der Waals surface area contributed by atoms with Crippen LogP contribution in [0.1, 0.15) is 18.1 Å². The lowest BCUT2D eigenvalue weighted by atomic mass is 10.0. The largest absolute Gasteiger partial charge is 0.396 e. The van der Waals surface area contributed by atoms with E-state index in [0.29, 0.717) is 5.92 Å². The summed E-state index contributed by atoms with van der Waals surface area (Å²) in [6.45, 7) is 4.39. The molecule has 0 saturated carbocycles. The molecule has 0 heterocycles. The van der Waals surface area contributed by atoms with Gasteiger partial charge in [-0.15, -0.1) is 0 Å². The van der Waals surface area contributed by atoms with Crippen molar-refractivity contribution in [1.29, 1.82) is 0 Å². The quantitative estimate of drug-likeness (QED) is 0.865. The van der Waals surface area contributed by atoms with E-state index < -0.39 is 0 Å². The molecule has 0 aliphatic rings. The van der Waals surface area contributed by atoms with Crippen LogP contribution in [-0.2, 0) is 6.42 Å². The third-order valence-corrected chi connectivity index (χ3v) is 3.01. The average molecular weight is 243 g/mol. The van der Waals surface area contributed by atoms with Crippen LogP contribution in [0.15, 0.2) is 22.7 Å². The molecule has 0 saturated heterocycles. The van der Waals surface area contributed by atoms with E-state index in [1.54, 1.807) is 0 Å². The van der Waals surface area contributed by atoms with Gasteiger partial charge in [0.2, 0.25) is 0 Å². The molecule has 0 radical (unpaired) electrons. The highest BCUT2D eigenvalue weighted by atomic mass is 79.9. The number of halogens is 1. The van der Waals surface area contributed by atoms with E-state index in [2.05, 4.69) is 48.0 Å². The van der Waals surface area contributed by atoms with Crippen molar-refractivity contribution in [1.82, 2.24) is 0 Å². The fourth-order valence-electron chi connectivity index (χ4n) is 1.30. The minimum absolute atomic E-state index is 0.259. The lowest BCUT2D eigenvalue weighted by Crippen LogP contribution is -2.04. The molecule has 1 nitrogen and oxygen atoms in total. The summed E-state index contributed by atoms with van der Waals surface area (Å²) in [4.78, 5) is 0. The van der Waals surface area contributed by atoms with Crippen molar-refractivity contribution in [3.8, 4) is 0 Å². The van der Waals surface area contributed by atoms with Gasteiger partial charge in [0.25, 0.3) is 0 Å². The molecular formula is C11H15BrO. The Hall–Kier alpha value is -0.340. The summed E-state index contributed by atoms with van der Waals surface area (Å²) in [5, 5.41) is 8.91. The Balaban J connectivity index is 2.73. The first-order chi connectivity index (χ1) is 6.13. The monoisotopic (exact) mass is 242 g/mol. The van der Waals surface area contributed by atoms with Gasteiger partial charge in [0.15, 0.2) is 0 Å². The lowest BCUT2D eigenvalue weighted by Gasteiger charge is -2.08. The normalized spacial score (nSPS) is 12.9. The first-order valence-corrected chi connectivity index (χ1v) is 5.28. The van der Waals surface area contributed by atoms with Gasteiger partial charge in [-0.25, -0.2) is 0 Å². The Morgan fingerprint density at radius 3 is 2.69 bits per heavy atom. The molecule has 1 unspecified atom stereocenters. The molecular weight excluding hydrogens is 228 g/mol. The minimum Gasteiger partial charge on any atom is -0.396 e. The Morgan fingerprint density at radius 1 is 1.46 bits per heavy atom. The van der Waals surface area contributed by atoms with E-state index in [1.807, 2.05) is 0 Å². The van der Waals surface area contributed by atoms with Crippen molar-refractivity contribution in [2.45, 2.75) is 20.3 Å². The van der Waals surface area contributed by atoms with E-state index in [0.717, 1.165) is 10.9 Å². The number of aliphatic hydroxyl groups is 1. The molecule has 1 aromatic carbocycles. The molecule has 0 spiro atoms. The van der Waals surface area contributed by atoms with Crippen LogP contribution in [0.25, 0.3) is 0 Å². The molecule has 0 aliphatic carbocycles. The summed E-state index contributed by atoms with van der Waals surface area (Å²) in [6, 6.07) is 6.33. The fraction of sp³-hybridized carbons (Fsp3) is 0.455. The lowest BCUT2D eigenvalue weighted by molar-refractivity contribution is 0.237. The summed E-state index contributed by atoms with van der Waals surface area (Å²) in [7, 11) is 0. The van der Waals surface area contributed by atoms with Gasteiger partial charge in [-0.2, -0.15) is 0 Å². The van der Waals surface area contributed by atoms with Crippen LogP contribution in [-0.4, -0.2) is 11.7 Å². The maximum atomic E-state index is 8.91. The molecule has 1 N–H and O–H groups in total. The molecule has 1 rings (SSSR count). The van der Waals surface area contributed by atoms with Gasteiger partial charge in [-0.05, 0) is 36.5 Å². The van der Waals surface area contributed by atoms with Crippen LogP contribution in [0.4, 0.5) is 0 Å².